The second-order valence-corrected chi connectivity index (χ2v) is 10.2. The molecule has 1 amide bonds. The van der Waals surface area contributed by atoms with E-state index in [0.717, 1.165) is 12.0 Å². The molecule has 0 unspecified atom stereocenters. The molecule has 0 spiro atoms. The van der Waals surface area contributed by atoms with Crippen molar-refractivity contribution in [2.75, 3.05) is 5.32 Å². The molecule has 1 aliphatic carbocycles. The maximum atomic E-state index is 12.5. The van der Waals surface area contributed by atoms with Gasteiger partial charge in [0.15, 0.2) is 0 Å². The van der Waals surface area contributed by atoms with Gasteiger partial charge in [-0.3, -0.25) is 4.79 Å². The minimum absolute atomic E-state index is 0.171. The van der Waals surface area contributed by atoms with Gasteiger partial charge < -0.3 is 10.4 Å². The molecule has 0 bridgehead atoms. The Morgan fingerprint density at radius 1 is 0.844 bits per heavy atom. The number of amides is 1. The number of hydrogen-bond donors (Lipinski definition) is 2. The summed E-state index contributed by atoms with van der Waals surface area (Å²) in [6.07, 6.45) is 3.33. The molecule has 0 atom stereocenters. The second kappa shape index (κ2) is 7.98. The van der Waals surface area contributed by atoms with Gasteiger partial charge in [0.25, 0.3) is 5.91 Å². The summed E-state index contributed by atoms with van der Waals surface area (Å²) in [4.78, 5) is 12.5. The molecule has 3 aromatic carbocycles. The lowest BCUT2D eigenvalue weighted by atomic mass is 9.82. The zero-order valence-electron chi connectivity index (χ0n) is 19.5. The molecule has 0 heterocycles. The first-order chi connectivity index (χ1) is 15.0. The van der Waals surface area contributed by atoms with E-state index in [-0.39, 0.29) is 22.5 Å². The molecule has 0 aromatic heterocycles. The Balaban J connectivity index is 1.52. The quantitative estimate of drug-likeness (QED) is 0.344. The zero-order valence-corrected chi connectivity index (χ0v) is 19.5. The number of anilines is 1. The lowest BCUT2D eigenvalue weighted by Crippen LogP contribution is -2.17. The Morgan fingerprint density at radius 3 is 2.09 bits per heavy atom. The average molecular weight is 426 g/mol. The van der Waals surface area contributed by atoms with Gasteiger partial charge in [0.05, 0.1) is 0 Å². The number of phenolic OH excluding ortho intramolecular Hbond substituents is 1. The molecule has 4 rings (SSSR count). The van der Waals surface area contributed by atoms with E-state index in [4.69, 9.17) is 0 Å². The van der Waals surface area contributed by atoms with E-state index in [1.54, 1.807) is 24.3 Å². The van der Waals surface area contributed by atoms with Gasteiger partial charge in [-0.25, -0.2) is 0 Å². The van der Waals surface area contributed by atoms with Crippen LogP contribution < -0.4 is 5.32 Å². The number of aromatic hydroxyl groups is 1. The fourth-order valence-electron chi connectivity index (χ4n) is 5.05. The number of nitrogens with one attached hydrogen (secondary N) is 1. The van der Waals surface area contributed by atoms with E-state index < -0.39 is 0 Å². The molecule has 3 heteroatoms. The van der Waals surface area contributed by atoms with E-state index in [1.807, 2.05) is 24.3 Å². The molecular weight excluding hydrogens is 394 g/mol. The third-order valence-electron chi connectivity index (χ3n) is 6.50. The van der Waals surface area contributed by atoms with Crippen molar-refractivity contribution in [2.24, 2.45) is 0 Å². The van der Waals surface area contributed by atoms with Gasteiger partial charge in [0.2, 0.25) is 0 Å². The average Bonchev–Trinajstić information content (AvgIpc) is 2.93. The fourth-order valence-corrected chi connectivity index (χ4v) is 5.05. The number of carbonyl (C=O) groups excluding carboxylic acids is 1. The standard InChI is InChI=1S/C29H31NO2/c1-19(22-10-15-25-26(17-22)29(4,5)18-28(25,2)3)16-20-6-8-21(9-7-20)27(32)30-23-11-13-24(31)14-12-23/h6-17,31H,18H2,1-5H3,(H,30,32). The van der Waals surface area contributed by atoms with Crippen molar-refractivity contribution in [3.05, 3.63) is 94.5 Å². The highest BCUT2D eigenvalue weighted by atomic mass is 16.3. The van der Waals surface area contributed by atoms with E-state index in [2.05, 4.69) is 64.2 Å². The monoisotopic (exact) mass is 425 g/mol. The molecule has 32 heavy (non-hydrogen) atoms. The third-order valence-corrected chi connectivity index (χ3v) is 6.50. The SMILES string of the molecule is CC(=Cc1ccc(C(=O)Nc2ccc(O)cc2)cc1)c1ccc2c(c1)C(C)(C)CC2(C)C. The lowest BCUT2D eigenvalue weighted by Gasteiger charge is -2.22. The van der Waals surface area contributed by atoms with Gasteiger partial charge in [-0.2, -0.15) is 0 Å². The molecule has 0 saturated heterocycles. The number of phenols is 1. The van der Waals surface area contributed by atoms with Crippen LogP contribution in [-0.2, 0) is 10.8 Å². The molecule has 1 aliphatic rings. The summed E-state index contributed by atoms with van der Waals surface area (Å²) in [6.45, 7) is 11.5. The zero-order chi connectivity index (χ0) is 23.1. The summed E-state index contributed by atoms with van der Waals surface area (Å²) in [5.41, 5.74) is 8.05. The Morgan fingerprint density at radius 2 is 1.44 bits per heavy atom. The minimum Gasteiger partial charge on any atom is -0.508 e. The van der Waals surface area contributed by atoms with Crippen LogP contribution >= 0.6 is 0 Å². The van der Waals surface area contributed by atoms with E-state index >= 15 is 0 Å². The van der Waals surface area contributed by atoms with Crippen molar-refractivity contribution < 1.29 is 9.90 Å². The van der Waals surface area contributed by atoms with Crippen LogP contribution in [0.3, 0.4) is 0 Å². The van der Waals surface area contributed by atoms with Crippen LogP contribution in [0, 0.1) is 0 Å². The highest BCUT2D eigenvalue weighted by Gasteiger charge is 2.41. The Bertz CT molecular complexity index is 1180. The van der Waals surface area contributed by atoms with Crippen molar-refractivity contribution in [3.8, 4) is 5.75 Å². The van der Waals surface area contributed by atoms with Crippen LogP contribution in [0.25, 0.3) is 11.6 Å². The lowest BCUT2D eigenvalue weighted by molar-refractivity contribution is 0.102. The number of fused-ring (bicyclic) bond motifs is 1. The number of carbonyl (C=O) groups is 1. The van der Waals surface area contributed by atoms with Gasteiger partial charge in [-0.05, 0) is 88.4 Å². The minimum atomic E-state index is -0.175. The van der Waals surface area contributed by atoms with Gasteiger partial charge in [-0.15, -0.1) is 0 Å². The van der Waals surface area contributed by atoms with Crippen molar-refractivity contribution in [3.63, 3.8) is 0 Å². The Labute approximate surface area is 190 Å². The summed E-state index contributed by atoms with van der Waals surface area (Å²) in [7, 11) is 0. The van der Waals surface area contributed by atoms with Crippen LogP contribution in [0.2, 0.25) is 0 Å². The maximum Gasteiger partial charge on any atom is 0.255 e. The highest BCUT2D eigenvalue weighted by Crippen LogP contribution is 2.49. The second-order valence-electron chi connectivity index (χ2n) is 10.2. The molecule has 164 valence electrons. The summed E-state index contributed by atoms with van der Waals surface area (Å²) >= 11 is 0. The van der Waals surface area contributed by atoms with Gasteiger partial charge in [0, 0.05) is 11.3 Å². The fraction of sp³-hybridized carbons (Fsp3) is 0.276. The molecule has 3 aromatic rings. The van der Waals surface area contributed by atoms with Crippen LogP contribution in [0.1, 0.15) is 73.7 Å². The van der Waals surface area contributed by atoms with E-state index in [1.165, 1.54) is 22.3 Å². The normalized spacial score (nSPS) is 16.5. The largest absolute Gasteiger partial charge is 0.508 e. The summed E-state index contributed by atoms with van der Waals surface area (Å²) in [5, 5.41) is 12.2. The smallest absolute Gasteiger partial charge is 0.255 e. The molecular formula is C29H31NO2. The molecule has 3 nitrogen and oxygen atoms in total. The van der Waals surface area contributed by atoms with Crippen molar-refractivity contribution in [1.82, 2.24) is 0 Å². The van der Waals surface area contributed by atoms with Gasteiger partial charge >= 0.3 is 0 Å². The van der Waals surface area contributed by atoms with Crippen LogP contribution in [0.5, 0.6) is 5.75 Å². The predicted octanol–water partition coefficient (Wildman–Crippen LogP) is 7.16. The Kier molecular flexibility index (Phi) is 5.46. The third kappa shape index (κ3) is 4.34. The van der Waals surface area contributed by atoms with Crippen molar-refractivity contribution in [2.45, 2.75) is 51.9 Å². The maximum absolute atomic E-state index is 12.5. The number of hydrogen-bond acceptors (Lipinski definition) is 2. The topological polar surface area (TPSA) is 49.3 Å². The predicted molar refractivity (Wildman–Crippen MR) is 133 cm³/mol. The summed E-state index contributed by atoms with van der Waals surface area (Å²) < 4.78 is 0. The summed E-state index contributed by atoms with van der Waals surface area (Å²) in [5.74, 6) is -0.00318. The van der Waals surface area contributed by atoms with Gasteiger partial charge in [0.1, 0.15) is 5.75 Å². The number of benzene rings is 3. The van der Waals surface area contributed by atoms with Gasteiger partial charge in [-0.1, -0.05) is 64.1 Å². The molecule has 0 saturated carbocycles. The first-order valence-corrected chi connectivity index (χ1v) is 11.1. The van der Waals surface area contributed by atoms with E-state index in [9.17, 15) is 9.90 Å². The van der Waals surface area contributed by atoms with Crippen molar-refractivity contribution >= 4 is 23.2 Å². The summed E-state index contributed by atoms with van der Waals surface area (Å²) in [6, 6.07) is 20.9. The van der Waals surface area contributed by atoms with Crippen LogP contribution in [-0.4, -0.2) is 11.0 Å². The molecule has 0 radical (unpaired) electrons. The number of rotatable bonds is 4. The number of allylic oxidation sites excluding steroid dienone is 1. The van der Waals surface area contributed by atoms with E-state index in [0.29, 0.717) is 11.3 Å². The van der Waals surface area contributed by atoms with Crippen molar-refractivity contribution in [1.29, 1.82) is 0 Å². The Hall–Kier alpha value is -3.33. The first kappa shape index (κ1) is 21.9. The molecule has 0 aliphatic heterocycles. The highest BCUT2D eigenvalue weighted by molar-refractivity contribution is 6.04. The molecule has 0 fully saturated rings. The molecule has 2 N–H and O–H groups in total. The van der Waals surface area contributed by atoms with Crippen LogP contribution in [0.15, 0.2) is 66.7 Å². The first-order valence-electron chi connectivity index (χ1n) is 11.1. The van der Waals surface area contributed by atoms with Crippen LogP contribution in [0.4, 0.5) is 5.69 Å².